The minimum Gasteiger partial charge on any atom is -0.453 e. The number of methoxy groups -OCH3 is 1. The summed E-state index contributed by atoms with van der Waals surface area (Å²) in [4.78, 5) is 28.3. The Balaban J connectivity index is 1.62. The number of carbonyl (C=O) groups excluding carboxylic acids is 2. The fourth-order valence-corrected chi connectivity index (χ4v) is 3.89. The first-order chi connectivity index (χ1) is 11.6. The highest BCUT2D eigenvalue weighted by molar-refractivity contribution is 5.86. The number of aryl methyl sites for hydroxylation is 1. The maximum Gasteiger partial charge on any atom is 0.410 e. The van der Waals surface area contributed by atoms with Gasteiger partial charge in [-0.3, -0.25) is 14.8 Å². The van der Waals surface area contributed by atoms with E-state index >= 15 is 0 Å². The van der Waals surface area contributed by atoms with Crippen molar-refractivity contribution in [3.63, 3.8) is 0 Å². The molecule has 0 aromatic carbocycles. The Morgan fingerprint density at radius 1 is 1.21 bits per heavy atom. The number of hydrogen-bond acceptors (Lipinski definition) is 4. The number of aromatic amines is 1. The molecule has 0 spiro atoms. The van der Waals surface area contributed by atoms with Gasteiger partial charge < -0.3 is 9.64 Å². The molecule has 2 saturated heterocycles. The molecule has 2 amide bonds. The van der Waals surface area contributed by atoms with E-state index in [-0.39, 0.29) is 11.9 Å². The van der Waals surface area contributed by atoms with Crippen LogP contribution in [0.25, 0.3) is 0 Å². The van der Waals surface area contributed by atoms with Gasteiger partial charge in [-0.05, 0) is 44.6 Å². The highest BCUT2D eigenvalue weighted by Gasteiger charge is 2.36. The van der Waals surface area contributed by atoms with Crippen LogP contribution in [0.4, 0.5) is 4.79 Å². The number of amides is 2. The molecule has 1 N–H and O–H groups in total. The van der Waals surface area contributed by atoms with Crippen LogP contribution in [-0.2, 0) is 9.53 Å². The molecule has 1 aromatic heterocycles. The van der Waals surface area contributed by atoms with Crippen molar-refractivity contribution >= 4 is 12.0 Å². The number of likely N-dealkylation sites (tertiary alicyclic amines) is 2. The smallest absolute Gasteiger partial charge is 0.410 e. The minimum absolute atomic E-state index is 0.0693. The monoisotopic (exact) mass is 334 g/mol. The lowest BCUT2D eigenvalue weighted by atomic mass is 9.91. The normalized spacial score (nSPS) is 22.5. The first-order valence-corrected chi connectivity index (χ1v) is 8.75. The van der Waals surface area contributed by atoms with Crippen molar-refractivity contribution in [1.29, 1.82) is 0 Å². The van der Waals surface area contributed by atoms with Crippen LogP contribution in [0.1, 0.15) is 49.3 Å². The zero-order chi connectivity index (χ0) is 17.1. The predicted molar refractivity (Wildman–Crippen MR) is 88.6 cm³/mol. The molecule has 0 saturated carbocycles. The average molecular weight is 334 g/mol. The SMILES string of the molecule is COC(=O)N1CCCCC1C(=O)N1CCC(c2[nH]ncc2C)CC1. The van der Waals surface area contributed by atoms with Crippen molar-refractivity contribution < 1.29 is 14.3 Å². The van der Waals surface area contributed by atoms with E-state index in [0.717, 1.165) is 45.2 Å². The Labute approximate surface area is 142 Å². The highest BCUT2D eigenvalue weighted by atomic mass is 16.5. The van der Waals surface area contributed by atoms with Crippen molar-refractivity contribution in [1.82, 2.24) is 20.0 Å². The second-order valence-electron chi connectivity index (χ2n) is 6.74. The van der Waals surface area contributed by atoms with Crippen molar-refractivity contribution in [3.8, 4) is 0 Å². The summed E-state index contributed by atoms with van der Waals surface area (Å²) in [5.74, 6) is 0.500. The number of hydrogen-bond donors (Lipinski definition) is 1. The molecule has 3 heterocycles. The number of nitrogens with one attached hydrogen (secondary N) is 1. The third-order valence-corrected chi connectivity index (χ3v) is 5.28. The summed E-state index contributed by atoms with van der Waals surface area (Å²) in [5.41, 5.74) is 2.37. The van der Waals surface area contributed by atoms with Gasteiger partial charge in [0.05, 0.1) is 13.3 Å². The predicted octanol–water partition coefficient (Wildman–Crippen LogP) is 2.05. The molecule has 24 heavy (non-hydrogen) atoms. The Bertz CT molecular complexity index is 592. The van der Waals surface area contributed by atoms with Crippen molar-refractivity contribution in [3.05, 3.63) is 17.5 Å². The number of nitrogens with zero attached hydrogens (tertiary/aromatic N) is 3. The summed E-state index contributed by atoms with van der Waals surface area (Å²) in [7, 11) is 1.37. The van der Waals surface area contributed by atoms with Crippen LogP contribution in [0.15, 0.2) is 6.20 Å². The minimum atomic E-state index is -0.393. The first kappa shape index (κ1) is 16.8. The number of aromatic nitrogens is 2. The van der Waals surface area contributed by atoms with Gasteiger partial charge in [-0.1, -0.05) is 0 Å². The summed E-state index contributed by atoms with van der Waals surface area (Å²) in [6.45, 7) is 4.13. The number of carbonyl (C=O) groups is 2. The number of ether oxygens (including phenoxy) is 1. The van der Waals surface area contributed by atoms with Crippen LogP contribution < -0.4 is 0 Å². The molecule has 7 heteroatoms. The van der Waals surface area contributed by atoms with Gasteiger partial charge in [0.25, 0.3) is 0 Å². The number of H-pyrrole nitrogens is 1. The molecule has 7 nitrogen and oxygen atoms in total. The van der Waals surface area contributed by atoms with Crippen LogP contribution in [0.3, 0.4) is 0 Å². The van der Waals surface area contributed by atoms with E-state index in [0.29, 0.717) is 12.5 Å². The zero-order valence-electron chi connectivity index (χ0n) is 14.5. The maximum atomic E-state index is 12.9. The van der Waals surface area contributed by atoms with Crippen LogP contribution in [0.2, 0.25) is 0 Å². The molecule has 2 aliphatic rings. The van der Waals surface area contributed by atoms with E-state index in [9.17, 15) is 9.59 Å². The molecule has 0 aliphatic carbocycles. The lowest BCUT2D eigenvalue weighted by molar-refractivity contribution is -0.138. The van der Waals surface area contributed by atoms with Crippen LogP contribution in [0.5, 0.6) is 0 Å². The van der Waals surface area contributed by atoms with E-state index < -0.39 is 6.09 Å². The molecule has 2 aliphatic heterocycles. The summed E-state index contributed by atoms with van der Waals surface area (Å²) in [6, 6.07) is -0.364. The lowest BCUT2D eigenvalue weighted by Crippen LogP contribution is -2.54. The van der Waals surface area contributed by atoms with E-state index in [4.69, 9.17) is 4.74 Å². The largest absolute Gasteiger partial charge is 0.453 e. The van der Waals surface area contributed by atoms with Crippen LogP contribution >= 0.6 is 0 Å². The van der Waals surface area contributed by atoms with E-state index in [2.05, 4.69) is 17.1 Å². The lowest BCUT2D eigenvalue weighted by Gasteiger charge is -2.39. The molecule has 1 atom stereocenters. The van der Waals surface area contributed by atoms with Gasteiger partial charge in [0.2, 0.25) is 5.91 Å². The molecular formula is C17H26N4O3. The van der Waals surface area contributed by atoms with Crippen molar-refractivity contribution in [2.24, 2.45) is 0 Å². The highest BCUT2D eigenvalue weighted by Crippen LogP contribution is 2.30. The van der Waals surface area contributed by atoms with E-state index in [1.807, 2.05) is 11.1 Å². The fourth-order valence-electron chi connectivity index (χ4n) is 3.89. The molecule has 0 radical (unpaired) electrons. The first-order valence-electron chi connectivity index (χ1n) is 8.75. The maximum absolute atomic E-state index is 12.9. The van der Waals surface area contributed by atoms with Crippen LogP contribution in [0, 0.1) is 6.92 Å². The van der Waals surface area contributed by atoms with Gasteiger partial charge >= 0.3 is 6.09 Å². The topological polar surface area (TPSA) is 78.5 Å². The molecule has 1 unspecified atom stereocenters. The van der Waals surface area contributed by atoms with Gasteiger partial charge in [-0.25, -0.2) is 4.79 Å². The molecular weight excluding hydrogens is 308 g/mol. The van der Waals surface area contributed by atoms with Gasteiger partial charge in [0, 0.05) is 31.2 Å². The Kier molecular flexibility index (Phi) is 5.06. The number of piperidine rings is 2. The molecule has 0 bridgehead atoms. The molecule has 1 aromatic rings. The van der Waals surface area contributed by atoms with Gasteiger partial charge in [-0.2, -0.15) is 5.10 Å². The van der Waals surface area contributed by atoms with Crippen molar-refractivity contribution in [2.75, 3.05) is 26.7 Å². The standard InChI is InChI=1S/C17H26N4O3/c1-12-11-18-19-15(12)13-6-9-20(10-7-13)16(22)14-5-3-4-8-21(14)17(23)24-2/h11,13-14H,3-10H2,1-2H3,(H,18,19). The molecule has 3 rings (SSSR count). The summed E-state index contributed by atoms with van der Waals surface area (Å²) >= 11 is 0. The van der Waals surface area contributed by atoms with E-state index in [1.54, 1.807) is 4.90 Å². The number of rotatable bonds is 2. The van der Waals surface area contributed by atoms with Gasteiger partial charge in [-0.15, -0.1) is 0 Å². The average Bonchev–Trinajstić information content (AvgIpc) is 3.06. The second kappa shape index (κ2) is 7.23. The third-order valence-electron chi connectivity index (χ3n) is 5.28. The zero-order valence-corrected chi connectivity index (χ0v) is 14.5. The Morgan fingerprint density at radius 3 is 2.58 bits per heavy atom. The molecule has 2 fully saturated rings. The fraction of sp³-hybridized carbons (Fsp3) is 0.706. The Hall–Kier alpha value is -2.05. The summed E-state index contributed by atoms with van der Waals surface area (Å²) < 4.78 is 4.84. The summed E-state index contributed by atoms with van der Waals surface area (Å²) in [5, 5.41) is 7.19. The molecule has 132 valence electrons. The third kappa shape index (κ3) is 3.25. The summed E-state index contributed by atoms with van der Waals surface area (Å²) in [6.07, 6.45) is 5.96. The van der Waals surface area contributed by atoms with Gasteiger partial charge in [0.15, 0.2) is 0 Å². The Morgan fingerprint density at radius 2 is 1.96 bits per heavy atom. The second-order valence-corrected chi connectivity index (χ2v) is 6.74. The van der Waals surface area contributed by atoms with Crippen molar-refractivity contribution in [2.45, 2.75) is 51.0 Å². The van der Waals surface area contributed by atoms with Crippen LogP contribution in [-0.4, -0.2) is 64.8 Å². The van der Waals surface area contributed by atoms with Gasteiger partial charge in [0.1, 0.15) is 6.04 Å². The van der Waals surface area contributed by atoms with E-state index in [1.165, 1.54) is 18.4 Å². The quantitative estimate of drug-likeness (QED) is 0.898.